The van der Waals surface area contributed by atoms with Gasteiger partial charge in [-0.05, 0) is 49.6 Å². The van der Waals surface area contributed by atoms with Crippen molar-refractivity contribution in [2.75, 3.05) is 5.32 Å². The van der Waals surface area contributed by atoms with Crippen molar-refractivity contribution in [2.24, 2.45) is 0 Å². The van der Waals surface area contributed by atoms with Gasteiger partial charge in [0, 0.05) is 29.3 Å². The van der Waals surface area contributed by atoms with Crippen LogP contribution < -0.4 is 5.32 Å². The Bertz CT molecular complexity index is 1110. The average Bonchev–Trinajstić information content (AvgIpc) is 3.03. The van der Waals surface area contributed by atoms with Crippen molar-refractivity contribution >= 4 is 28.8 Å². The van der Waals surface area contributed by atoms with Crippen molar-refractivity contribution in [3.05, 3.63) is 76.7 Å². The summed E-state index contributed by atoms with van der Waals surface area (Å²) in [6, 6.07) is 14.4. The van der Waals surface area contributed by atoms with E-state index in [1.807, 2.05) is 18.2 Å². The Balaban J connectivity index is 2.02. The molecule has 4 nitrogen and oxygen atoms in total. The Morgan fingerprint density at radius 2 is 1.78 bits per heavy atom. The van der Waals surface area contributed by atoms with Gasteiger partial charge in [-0.1, -0.05) is 42.8 Å². The molecule has 1 aromatic carbocycles. The maximum absolute atomic E-state index is 6.46. The lowest BCUT2D eigenvalue weighted by Crippen LogP contribution is -2.03. The van der Waals surface area contributed by atoms with E-state index >= 15 is 0 Å². The van der Waals surface area contributed by atoms with Crippen LogP contribution in [-0.4, -0.2) is 14.4 Å². The Labute approximate surface area is 163 Å². The second-order valence-corrected chi connectivity index (χ2v) is 7.03. The van der Waals surface area contributed by atoms with E-state index in [9.17, 15) is 0 Å². The first-order valence-electron chi connectivity index (χ1n) is 9.03. The van der Waals surface area contributed by atoms with Crippen molar-refractivity contribution in [3.63, 3.8) is 0 Å². The van der Waals surface area contributed by atoms with Crippen LogP contribution in [-0.2, 0) is 6.42 Å². The van der Waals surface area contributed by atoms with Gasteiger partial charge in [-0.2, -0.15) is 0 Å². The number of fused-ring (bicyclic) bond motifs is 1. The van der Waals surface area contributed by atoms with E-state index in [0.717, 1.165) is 34.8 Å². The number of nitrogens with zero attached hydrogens (tertiary/aromatic N) is 3. The number of hydrogen-bond acceptors (Lipinski definition) is 3. The topological polar surface area (TPSA) is 42.2 Å². The molecule has 0 unspecified atom stereocenters. The smallest absolute Gasteiger partial charge is 0.143 e. The van der Waals surface area contributed by atoms with Crippen LogP contribution >= 0.6 is 11.6 Å². The van der Waals surface area contributed by atoms with E-state index in [1.165, 1.54) is 16.8 Å². The molecule has 0 saturated carbocycles. The number of anilines is 2. The number of pyridine rings is 2. The highest BCUT2D eigenvalue weighted by Crippen LogP contribution is 2.36. The van der Waals surface area contributed by atoms with E-state index in [-0.39, 0.29) is 0 Å². The first kappa shape index (κ1) is 17.6. The van der Waals surface area contributed by atoms with Crippen LogP contribution in [0.1, 0.15) is 23.7 Å². The molecule has 136 valence electrons. The first-order valence-corrected chi connectivity index (χ1v) is 9.41. The average molecular weight is 377 g/mol. The van der Waals surface area contributed by atoms with Gasteiger partial charge in [-0.15, -0.1) is 0 Å². The molecule has 0 spiro atoms. The summed E-state index contributed by atoms with van der Waals surface area (Å²) >= 11 is 6.46. The molecule has 1 N–H and O–H groups in total. The summed E-state index contributed by atoms with van der Waals surface area (Å²) in [5.41, 5.74) is 7.24. The summed E-state index contributed by atoms with van der Waals surface area (Å²) < 4.78 is 2.18. The minimum atomic E-state index is 0.587. The molecule has 3 heterocycles. The van der Waals surface area contributed by atoms with Gasteiger partial charge < -0.3 is 5.32 Å². The summed E-state index contributed by atoms with van der Waals surface area (Å²) in [5.74, 6) is 0.924. The molecule has 0 radical (unpaired) electrons. The standard InChI is InChI=1S/C22H21ClN4/c1-4-16-9-6-10-19-25-21(17-11-12-24-13-18(17)23)22(27(16)19)26-20-14(2)7-5-8-15(20)3/h5-13,26H,4H2,1-3H3. The third kappa shape index (κ3) is 3.06. The Hall–Kier alpha value is -2.85. The second-order valence-electron chi connectivity index (χ2n) is 6.62. The Kier molecular flexibility index (Phi) is 4.58. The molecule has 0 saturated heterocycles. The van der Waals surface area contributed by atoms with Crippen molar-refractivity contribution in [3.8, 4) is 11.3 Å². The first-order chi connectivity index (χ1) is 13.1. The van der Waals surface area contributed by atoms with E-state index in [2.05, 4.69) is 59.7 Å². The van der Waals surface area contributed by atoms with Crippen LogP contribution in [0.5, 0.6) is 0 Å². The highest BCUT2D eigenvalue weighted by atomic mass is 35.5. The summed E-state index contributed by atoms with van der Waals surface area (Å²) in [4.78, 5) is 9.01. The Morgan fingerprint density at radius 3 is 2.48 bits per heavy atom. The minimum Gasteiger partial charge on any atom is -0.339 e. The van der Waals surface area contributed by atoms with Crippen molar-refractivity contribution in [1.29, 1.82) is 0 Å². The van der Waals surface area contributed by atoms with Crippen molar-refractivity contribution in [1.82, 2.24) is 14.4 Å². The van der Waals surface area contributed by atoms with E-state index < -0.39 is 0 Å². The number of aromatic nitrogens is 3. The molecule has 0 bridgehead atoms. The van der Waals surface area contributed by atoms with Crippen LogP contribution in [0.25, 0.3) is 16.9 Å². The maximum atomic E-state index is 6.46. The minimum absolute atomic E-state index is 0.587. The van der Waals surface area contributed by atoms with E-state index in [1.54, 1.807) is 12.4 Å². The van der Waals surface area contributed by atoms with E-state index in [0.29, 0.717) is 5.02 Å². The molecule has 0 aliphatic carbocycles. The fraction of sp³-hybridized carbons (Fsp3) is 0.182. The zero-order valence-electron chi connectivity index (χ0n) is 15.6. The lowest BCUT2D eigenvalue weighted by molar-refractivity contribution is 0.983. The lowest BCUT2D eigenvalue weighted by atomic mass is 10.1. The molecule has 4 rings (SSSR count). The van der Waals surface area contributed by atoms with Crippen LogP contribution in [0.2, 0.25) is 5.02 Å². The molecule has 0 fully saturated rings. The fourth-order valence-corrected chi connectivity index (χ4v) is 3.65. The van der Waals surface area contributed by atoms with Crippen LogP contribution in [0.3, 0.4) is 0 Å². The molecule has 0 atom stereocenters. The third-order valence-electron chi connectivity index (χ3n) is 4.84. The molecule has 0 amide bonds. The van der Waals surface area contributed by atoms with Gasteiger partial charge in [0.2, 0.25) is 0 Å². The number of rotatable bonds is 4. The summed E-state index contributed by atoms with van der Waals surface area (Å²) in [7, 11) is 0. The van der Waals surface area contributed by atoms with Crippen LogP contribution in [0.15, 0.2) is 54.9 Å². The normalized spacial score (nSPS) is 11.1. The largest absolute Gasteiger partial charge is 0.339 e. The number of nitrogens with one attached hydrogen (secondary N) is 1. The SMILES string of the molecule is CCc1cccc2nc(-c3ccncc3Cl)c(Nc3c(C)cccc3C)n12. The molecule has 4 aromatic rings. The summed E-state index contributed by atoms with van der Waals surface area (Å²) in [6.45, 7) is 6.37. The summed E-state index contributed by atoms with van der Waals surface area (Å²) in [5, 5.41) is 4.24. The molecule has 27 heavy (non-hydrogen) atoms. The third-order valence-corrected chi connectivity index (χ3v) is 5.14. The zero-order valence-corrected chi connectivity index (χ0v) is 16.4. The predicted molar refractivity (Wildman–Crippen MR) is 112 cm³/mol. The molecule has 5 heteroatoms. The highest BCUT2D eigenvalue weighted by molar-refractivity contribution is 6.33. The van der Waals surface area contributed by atoms with Crippen molar-refractivity contribution in [2.45, 2.75) is 27.2 Å². The van der Waals surface area contributed by atoms with Gasteiger partial charge in [0.25, 0.3) is 0 Å². The van der Waals surface area contributed by atoms with Gasteiger partial charge >= 0.3 is 0 Å². The Morgan fingerprint density at radius 1 is 1.04 bits per heavy atom. The zero-order chi connectivity index (χ0) is 19.0. The summed E-state index contributed by atoms with van der Waals surface area (Å²) in [6.07, 6.45) is 4.30. The van der Waals surface area contributed by atoms with Gasteiger partial charge in [0.15, 0.2) is 0 Å². The highest BCUT2D eigenvalue weighted by Gasteiger charge is 2.19. The molecule has 0 aliphatic rings. The maximum Gasteiger partial charge on any atom is 0.143 e. The lowest BCUT2D eigenvalue weighted by Gasteiger charge is -2.15. The van der Waals surface area contributed by atoms with E-state index in [4.69, 9.17) is 16.6 Å². The van der Waals surface area contributed by atoms with Gasteiger partial charge in [0.05, 0.1) is 5.02 Å². The number of imidazole rings is 1. The van der Waals surface area contributed by atoms with Gasteiger partial charge in [0.1, 0.15) is 17.2 Å². The van der Waals surface area contributed by atoms with Gasteiger partial charge in [-0.25, -0.2) is 4.98 Å². The number of halogens is 1. The van der Waals surface area contributed by atoms with Crippen LogP contribution in [0, 0.1) is 13.8 Å². The number of aryl methyl sites for hydroxylation is 3. The molecular formula is C22H21ClN4. The quantitative estimate of drug-likeness (QED) is 0.477. The van der Waals surface area contributed by atoms with Gasteiger partial charge in [-0.3, -0.25) is 9.38 Å². The fourth-order valence-electron chi connectivity index (χ4n) is 3.44. The molecule has 3 aromatic heterocycles. The number of para-hydroxylation sites is 1. The molecule has 0 aliphatic heterocycles. The van der Waals surface area contributed by atoms with Crippen molar-refractivity contribution < 1.29 is 0 Å². The number of benzene rings is 1. The van der Waals surface area contributed by atoms with Crippen LogP contribution in [0.4, 0.5) is 11.5 Å². The second kappa shape index (κ2) is 7.05. The predicted octanol–water partition coefficient (Wildman–Crippen LogP) is 5.97. The molecular weight excluding hydrogens is 356 g/mol. The monoisotopic (exact) mass is 376 g/mol. The number of hydrogen-bond donors (Lipinski definition) is 1.